The molecular weight excluding hydrogens is 92.1 g/mol. The van der Waals surface area contributed by atoms with Crippen LogP contribution in [0.4, 0.5) is 0 Å². The average molecular weight is 102 g/mol. The summed E-state index contributed by atoms with van der Waals surface area (Å²) in [5.41, 5.74) is 1.86. The molecule has 36 valence electrons. The molecule has 0 aromatic carbocycles. The summed E-state index contributed by atoms with van der Waals surface area (Å²) in [6, 6.07) is 0. The van der Waals surface area contributed by atoms with Gasteiger partial charge in [0.25, 0.3) is 0 Å². The first-order chi connectivity index (χ1) is 2.77. The predicted molar refractivity (Wildman–Crippen MR) is 30.3 cm³/mol. The molecular formula is C3H10N2Si. The lowest BCUT2D eigenvalue weighted by atomic mass is 10.8. The maximum absolute atomic E-state index is 5.23. The Bertz CT molecular complexity index is 50.8. The summed E-state index contributed by atoms with van der Waals surface area (Å²) in [5.74, 6) is 0. The number of rotatable bonds is 1. The van der Waals surface area contributed by atoms with E-state index in [-0.39, 0.29) is 0 Å². The van der Waals surface area contributed by atoms with E-state index >= 15 is 0 Å². The second-order valence-electron chi connectivity index (χ2n) is 1.10. The van der Waals surface area contributed by atoms with E-state index < -0.39 is 9.12 Å². The summed E-state index contributed by atoms with van der Waals surface area (Å²) in [4.78, 5) is 0. The molecule has 0 aliphatic heterocycles. The average Bonchev–Trinajstić information content (AvgIpc) is 1.35. The van der Waals surface area contributed by atoms with E-state index in [0.29, 0.717) is 0 Å². The van der Waals surface area contributed by atoms with Gasteiger partial charge in [0.2, 0.25) is 9.12 Å². The second-order valence-corrected chi connectivity index (χ2v) is 2.64. The van der Waals surface area contributed by atoms with Gasteiger partial charge in [0.15, 0.2) is 0 Å². The van der Waals surface area contributed by atoms with E-state index in [0.717, 1.165) is 0 Å². The maximum atomic E-state index is 5.23. The SMILES string of the molecule is CC=C[SiH](N)N. The molecule has 0 radical (unpaired) electrons. The van der Waals surface area contributed by atoms with Crippen LogP contribution in [0.1, 0.15) is 6.92 Å². The van der Waals surface area contributed by atoms with Crippen LogP contribution in [0.5, 0.6) is 0 Å². The minimum atomic E-state index is -1.35. The summed E-state index contributed by atoms with van der Waals surface area (Å²) < 4.78 is 0. The molecule has 0 saturated heterocycles. The van der Waals surface area contributed by atoms with Gasteiger partial charge in [0, 0.05) is 0 Å². The molecule has 0 atom stereocenters. The van der Waals surface area contributed by atoms with Gasteiger partial charge >= 0.3 is 0 Å². The zero-order valence-electron chi connectivity index (χ0n) is 3.89. The smallest absolute Gasteiger partial charge is 0.204 e. The fourth-order valence-electron chi connectivity index (χ4n) is 0.222. The lowest BCUT2D eigenvalue weighted by molar-refractivity contribution is 1.65. The summed E-state index contributed by atoms with van der Waals surface area (Å²) in [5, 5.41) is 10.5. The van der Waals surface area contributed by atoms with Gasteiger partial charge in [-0.25, -0.2) is 0 Å². The van der Waals surface area contributed by atoms with Crippen LogP contribution in [-0.4, -0.2) is 9.12 Å². The van der Waals surface area contributed by atoms with E-state index in [1.807, 2.05) is 18.7 Å². The topological polar surface area (TPSA) is 52.0 Å². The highest BCUT2D eigenvalue weighted by Crippen LogP contribution is 1.61. The molecule has 0 fully saturated rings. The van der Waals surface area contributed by atoms with Crippen LogP contribution in [0.25, 0.3) is 0 Å². The Hall–Kier alpha value is -0.123. The molecule has 2 nitrogen and oxygen atoms in total. The standard InChI is InChI=1S/C3H10N2Si/c1-2-3-6(4)5/h2-3,6H,4-5H2,1H3. The van der Waals surface area contributed by atoms with Crippen molar-refractivity contribution in [3.05, 3.63) is 11.8 Å². The van der Waals surface area contributed by atoms with Gasteiger partial charge in [-0.05, 0) is 6.92 Å². The first-order valence-corrected chi connectivity index (χ1v) is 3.91. The Morgan fingerprint density at radius 2 is 2.00 bits per heavy atom. The molecule has 6 heavy (non-hydrogen) atoms. The molecule has 0 unspecified atom stereocenters. The Morgan fingerprint density at radius 1 is 1.50 bits per heavy atom. The molecule has 4 N–H and O–H groups in total. The zero-order valence-corrected chi connectivity index (χ0v) is 5.04. The van der Waals surface area contributed by atoms with Gasteiger partial charge in [-0.3, -0.25) is 0 Å². The van der Waals surface area contributed by atoms with Gasteiger partial charge in [-0.1, -0.05) is 11.8 Å². The minimum absolute atomic E-state index is 1.35. The highest BCUT2D eigenvalue weighted by molar-refractivity contribution is 6.57. The number of nitrogens with two attached hydrogens (primary N) is 2. The van der Waals surface area contributed by atoms with Gasteiger partial charge in [-0.2, -0.15) is 0 Å². The van der Waals surface area contributed by atoms with Crippen molar-refractivity contribution >= 4 is 9.12 Å². The van der Waals surface area contributed by atoms with Gasteiger partial charge in [-0.15, -0.1) is 0 Å². The summed E-state index contributed by atoms with van der Waals surface area (Å²) >= 11 is 0. The van der Waals surface area contributed by atoms with Crippen molar-refractivity contribution in [1.82, 2.24) is 0 Å². The molecule has 0 aromatic heterocycles. The van der Waals surface area contributed by atoms with Crippen molar-refractivity contribution in [2.24, 2.45) is 10.8 Å². The van der Waals surface area contributed by atoms with Crippen molar-refractivity contribution in [3.8, 4) is 0 Å². The van der Waals surface area contributed by atoms with Gasteiger partial charge in [0.1, 0.15) is 0 Å². The number of allylic oxidation sites excluding steroid dienone is 1. The van der Waals surface area contributed by atoms with E-state index in [9.17, 15) is 0 Å². The Balaban J connectivity index is 3.03. The Morgan fingerprint density at radius 3 is 2.00 bits per heavy atom. The molecule has 0 aromatic rings. The van der Waals surface area contributed by atoms with Crippen molar-refractivity contribution in [1.29, 1.82) is 0 Å². The fraction of sp³-hybridized carbons (Fsp3) is 0.333. The second kappa shape index (κ2) is 3.08. The third-order valence-electron chi connectivity index (χ3n) is 0.415. The van der Waals surface area contributed by atoms with Crippen LogP contribution in [-0.2, 0) is 0 Å². The van der Waals surface area contributed by atoms with Crippen LogP contribution in [0.2, 0.25) is 0 Å². The first kappa shape index (κ1) is 5.88. The lowest BCUT2D eigenvalue weighted by Gasteiger charge is -1.85. The fourth-order valence-corrected chi connectivity index (χ4v) is 0.667. The summed E-state index contributed by atoms with van der Waals surface area (Å²) in [6.45, 7) is 1.92. The number of hydrogen-bond acceptors (Lipinski definition) is 2. The van der Waals surface area contributed by atoms with Crippen LogP contribution in [0.3, 0.4) is 0 Å². The van der Waals surface area contributed by atoms with Crippen LogP contribution < -0.4 is 10.8 Å². The molecule has 0 bridgehead atoms. The van der Waals surface area contributed by atoms with Crippen LogP contribution in [0.15, 0.2) is 11.8 Å². The quantitative estimate of drug-likeness (QED) is 0.428. The van der Waals surface area contributed by atoms with E-state index in [2.05, 4.69) is 0 Å². The zero-order chi connectivity index (χ0) is 4.99. The first-order valence-electron chi connectivity index (χ1n) is 1.91. The third-order valence-corrected chi connectivity index (χ3v) is 1.24. The molecule has 0 rings (SSSR count). The molecule has 0 spiro atoms. The third kappa shape index (κ3) is 3.88. The molecule has 0 aliphatic rings. The lowest BCUT2D eigenvalue weighted by Crippen LogP contribution is -2.34. The summed E-state index contributed by atoms with van der Waals surface area (Å²) in [6.07, 6.45) is 1.89. The van der Waals surface area contributed by atoms with Crippen LogP contribution in [0, 0.1) is 0 Å². The Labute approximate surface area is 39.6 Å². The van der Waals surface area contributed by atoms with E-state index in [1.54, 1.807) is 0 Å². The monoisotopic (exact) mass is 102 g/mol. The Kier molecular flexibility index (Phi) is 3.02. The summed E-state index contributed by atoms with van der Waals surface area (Å²) in [7, 11) is -1.35. The van der Waals surface area contributed by atoms with Gasteiger partial charge < -0.3 is 10.8 Å². The normalized spacial score (nSPS) is 11.3. The largest absolute Gasteiger partial charge is 0.338 e. The molecule has 3 heteroatoms. The van der Waals surface area contributed by atoms with E-state index in [4.69, 9.17) is 10.8 Å². The molecule has 0 aliphatic carbocycles. The molecule has 0 heterocycles. The molecule has 0 saturated carbocycles. The highest BCUT2D eigenvalue weighted by Gasteiger charge is 1.80. The predicted octanol–water partition coefficient (Wildman–Crippen LogP) is -0.760. The molecule has 0 amide bonds. The van der Waals surface area contributed by atoms with Crippen molar-refractivity contribution in [2.45, 2.75) is 6.92 Å². The van der Waals surface area contributed by atoms with Gasteiger partial charge in [0.05, 0.1) is 0 Å². The van der Waals surface area contributed by atoms with Crippen molar-refractivity contribution < 1.29 is 0 Å². The van der Waals surface area contributed by atoms with Crippen molar-refractivity contribution in [2.75, 3.05) is 0 Å². The maximum Gasteiger partial charge on any atom is 0.204 e. The van der Waals surface area contributed by atoms with Crippen molar-refractivity contribution in [3.63, 3.8) is 0 Å². The highest BCUT2D eigenvalue weighted by atomic mass is 28.3. The van der Waals surface area contributed by atoms with Crippen LogP contribution >= 0.6 is 0 Å². The minimum Gasteiger partial charge on any atom is -0.338 e. The van der Waals surface area contributed by atoms with E-state index in [1.165, 1.54) is 0 Å². The number of hydrogen-bond donors (Lipinski definition) is 2.